The van der Waals surface area contributed by atoms with Crippen molar-refractivity contribution in [2.75, 3.05) is 0 Å². The van der Waals surface area contributed by atoms with Gasteiger partial charge in [0.15, 0.2) is 0 Å². The summed E-state index contributed by atoms with van der Waals surface area (Å²) in [6.45, 7) is 1.87. The Balaban J connectivity index is 2.52. The molecule has 0 fully saturated rings. The summed E-state index contributed by atoms with van der Waals surface area (Å²) < 4.78 is 0. The molecule has 0 aliphatic carbocycles. The van der Waals surface area contributed by atoms with E-state index in [1.54, 1.807) is 6.20 Å². The Kier molecular flexibility index (Phi) is 1.92. The second-order valence-corrected chi connectivity index (χ2v) is 3.11. The van der Waals surface area contributed by atoms with Crippen LogP contribution in [0, 0.1) is 6.92 Å². The summed E-state index contributed by atoms with van der Waals surface area (Å²) in [5.74, 6) is -0.890. The Morgan fingerprint density at radius 2 is 2.43 bits per heavy atom. The largest absolute Gasteiger partial charge is 0.481 e. The number of aryl methyl sites for hydroxylation is 1. The molecule has 0 aromatic carbocycles. The number of hydrogen-bond acceptors (Lipinski definition) is 3. The zero-order valence-corrected chi connectivity index (χ0v) is 7.61. The number of rotatable bonds is 2. The number of pyridine rings is 1. The van der Waals surface area contributed by atoms with Crippen molar-refractivity contribution in [1.29, 1.82) is 0 Å². The molecule has 2 rings (SSSR count). The Bertz CT molecular complexity index is 490. The van der Waals surface area contributed by atoms with Gasteiger partial charge in [-0.05, 0) is 13.0 Å². The second kappa shape index (κ2) is 3.10. The summed E-state index contributed by atoms with van der Waals surface area (Å²) in [5, 5.41) is 16.1. The number of hydrogen-bond donors (Lipinski definition) is 2. The van der Waals surface area contributed by atoms with Gasteiger partial charge in [-0.15, -0.1) is 0 Å². The molecule has 0 saturated heterocycles. The van der Waals surface area contributed by atoms with E-state index in [9.17, 15) is 4.79 Å². The first-order valence-electron chi connectivity index (χ1n) is 4.18. The van der Waals surface area contributed by atoms with E-state index in [1.165, 1.54) is 0 Å². The fourth-order valence-electron chi connectivity index (χ4n) is 1.35. The van der Waals surface area contributed by atoms with E-state index in [0.29, 0.717) is 5.69 Å². The van der Waals surface area contributed by atoms with Crippen LogP contribution in [0.15, 0.2) is 12.3 Å². The number of aromatic amines is 1. The average Bonchev–Trinajstić information content (AvgIpc) is 2.47. The molecule has 72 valence electrons. The molecule has 0 unspecified atom stereocenters. The minimum atomic E-state index is -0.890. The lowest BCUT2D eigenvalue weighted by atomic mass is 10.2. The van der Waals surface area contributed by atoms with Gasteiger partial charge in [0.1, 0.15) is 0 Å². The van der Waals surface area contributed by atoms with Gasteiger partial charge < -0.3 is 5.11 Å². The Morgan fingerprint density at radius 1 is 1.64 bits per heavy atom. The van der Waals surface area contributed by atoms with Gasteiger partial charge in [-0.25, -0.2) is 0 Å². The lowest BCUT2D eigenvalue weighted by Gasteiger charge is -1.93. The number of carbonyl (C=O) groups is 1. The molecule has 5 heteroatoms. The molecule has 0 spiro atoms. The van der Waals surface area contributed by atoms with Crippen LogP contribution in [0.3, 0.4) is 0 Å². The lowest BCUT2D eigenvalue weighted by molar-refractivity contribution is -0.136. The fraction of sp³-hybridized carbons (Fsp3) is 0.222. The van der Waals surface area contributed by atoms with Crippen molar-refractivity contribution in [2.45, 2.75) is 13.3 Å². The molecule has 0 bridgehead atoms. The smallest absolute Gasteiger partial charge is 0.309 e. The average molecular weight is 191 g/mol. The third-order valence-corrected chi connectivity index (χ3v) is 1.98. The van der Waals surface area contributed by atoms with E-state index >= 15 is 0 Å². The molecule has 0 aliphatic heterocycles. The van der Waals surface area contributed by atoms with Crippen molar-refractivity contribution in [3.8, 4) is 0 Å². The molecule has 0 aliphatic rings. The maximum absolute atomic E-state index is 10.5. The molecule has 5 nitrogen and oxygen atoms in total. The number of carboxylic acid groups (broad SMARTS) is 1. The van der Waals surface area contributed by atoms with Crippen molar-refractivity contribution >= 4 is 16.9 Å². The van der Waals surface area contributed by atoms with E-state index in [4.69, 9.17) is 5.11 Å². The molecular formula is C9H9N3O2. The third-order valence-electron chi connectivity index (χ3n) is 1.98. The summed E-state index contributed by atoms with van der Waals surface area (Å²) in [4.78, 5) is 14.6. The van der Waals surface area contributed by atoms with Gasteiger partial charge in [-0.2, -0.15) is 5.10 Å². The van der Waals surface area contributed by atoms with Crippen molar-refractivity contribution in [3.05, 3.63) is 23.7 Å². The first kappa shape index (κ1) is 8.68. The molecule has 2 heterocycles. The van der Waals surface area contributed by atoms with Crippen LogP contribution in [0.4, 0.5) is 0 Å². The van der Waals surface area contributed by atoms with E-state index in [0.717, 1.165) is 16.6 Å². The number of aromatic nitrogens is 3. The van der Waals surface area contributed by atoms with Gasteiger partial charge in [0.05, 0.1) is 17.6 Å². The monoisotopic (exact) mass is 191 g/mol. The molecular weight excluding hydrogens is 182 g/mol. The van der Waals surface area contributed by atoms with Crippen LogP contribution in [-0.4, -0.2) is 26.3 Å². The fourth-order valence-corrected chi connectivity index (χ4v) is 1.35. The van der Waals surface area contributed by atoms with Crippen LogP contribution in [0.5, 0.6) is 0 Å². The first-order valence-corrected chi connectivity index (χ1v) is 4.18. The summed E-state index contributed by atoms with van der Waals surface area (Å²) in [6.07, 6.45) is 1.57. The Morgan fingerprint density at radius 3 is 3.14 bits per heavy atom. The van der Waals surface area contributed by atoms with Crippen LogP contribution in [0.2, 0.25) is 0 Å². The number of H-pyrrole nitrogens is 1. The van der Waals surface area contributed by atoms with Gasteiger partial charge in [0.25, 0.3) is 0 Å². The predicted octanol–water partition coefficient (Wildman–Crippen LogP) is 0.893. The Labute approximate surface area is 79.8 Å². The SMILES string of the molecule is Cc1cc2[nH]nc(CC(=O)O)c2cn1. The van der Waals surface area contributed by atoms with Crippen molar-refractivity contribution in [2.24, 2.45) is 0 Å². The maximum atomic E-state index is 10.5. The molecule has 0 saturated carbocycles. The topological polar surface area (TPSA) is 78.9 Å². The van der Waals surface area contributed by atoms with Crippen LogP contribution >= 0.6 is 0 Å². The molecule has 2 aromatic heterocycles. The lowest BCUT2D eigenvalue weighted by Crippen LogP contribution is -2.00. The number of aliphatic carboxylic acids is 1. The summed E-state index contributed by atoms with van der Waals surface area (Å²) in [7, 11) is 0. The summed E-state index contributed by atoms with van der Waals surface area (Å²) in [5.41, 5.74) is 2.23. The van der Waals surface area contributed by atoms with Crippen LogP contribution in [0.25, 0.3) is 10.9 Å². The Hall–Kier alpha value is -1.91. The van der Waals surface area contributed by atoms with E-state index in [1.807, 2.05) is 13.0 Å². The zero-order valence-electron chi connectivity index (χ0n) is 7.61. The van der Waals surface area contributed by atoms with Gasteiger partial charge in [0, 0.05) is 17.3 Å². The quantitative estimate of drug-likeness (QED) is 0.738. The number of nitrogens with one attached hydrogen (secondary N) is 1. The predicted molar refractivity (Wildman–Crippen MR) is 50.0 cm³/mol. The molecule has 0 atom stereocenters. The summed E-state index contributed by atoms with van der Waals surface area (Å²) in [6, 6.07) is 1.84. The minimum Gasteiger partial charge on any atom is -0.481 e. The van der Waals surface area contributed by atoms with E-state index in [2.05, 4.69) is 15.2 Å². The van der Waals surface area contributed by atoms with Crippen LogP contribution < -0.4 is 0 Å². The van der Waals surface area contributed by atoms with E-state index < -0.39 is 5.97 Å². The minimum absolute atomic E-state index is 0.0786. The molecule has 0 radical (unpaired) electrons. The van der Waals surface area contributed by atoms with Gasteiger partial charge in [0.2, 0.25) is 0 Å². The summed E-state index contributed by atoms with van der Waals surface area (Å²) >= 11 is 0. The zero-order chi connectivity index (χ0) is 10.1. The highest BCUT2D eigenvalue weighted by Crippen LogP contribution is 2.15. The van der Waals surface area contributed by atoms with Crippen LogP contribution in [-0.2, 0) is 11.2 Å². The van der Waals surface area contributed by atoms with Crippen LogP contribution in [0.1, 0.15) is 11.4 Å². The van der Waals surface area contributed by atoms with Gasteiger partial charge >= 0.3 is 5.97 Å². The molecule has 0 amide bonds. The normalized spacial score (nSPS) is 10.6. The number of carboxylic acids is 1. The first-order chi connectivity index (χ1) is 6.66. The van der Waals surface area contributed by atoms with Crippen molar-refractivity contribution in [3.63, 3.8) is 0 Å². The van der Waals surface area contributed by atoms with Gasteiger partial charge in [-0.1, -0.05) is 0 Å². The molecule has 2 aromatic rings. The highest BCUT2D eigenvalue weighted by molar-refractivity contribution is 5.84. The van der Waals surface area contributed by atoms with Crippen molar-refractivity contribution in [1.82, 2.24) is 15.2 Å². The number of fused-ring (bicyclic) bond motifs is 1. The highest BCUT2D eigenvalue weighted by atomic mass is 16.4. The standard InChI is InChI=1S/C9H9N3O2/c1-5-2-7-6(4-10-5)8(12-11-7)3-9(13)14/h2,4H,3H2,1H3,(H,11,12)(H,13,14). The second-order valence-electron chi connectivity index (χ2n) is 3.11. The van der Waals surface area contributed by atoms with Crippen molar-refractivity contribution < 1.29 is 9.90 Å². The molecule has 14 heavy (non-hydrogen) atoms. The van der Waals surface area contributed by atoms with Gasteiger partial charge in [-0.3, -0.25) is 14.9 Å². The number of nitrogens with zero attached hydrogens (tertiary/aromatic N) is 2. The highest BCUT2D eigenvalue weighted by Gasteiger charge is 2.09. The maximum Gasteiger partial charge on any atom is 0.309 e. The molecule has 2 N–H and O–H groups in total. The third kappa shape index (κ3) is 1.44. The van der Waals surface area contributed by atoms with E-state index in [-0.39, 0.29) is 6.42 Å².